The van der Waals surface area contributed by atoms with Gasteiger partial charge < -0.3 is 10.6 Å². The van der Waals surface area contributed by atoms with Crippen LogP contribution in [0.15, 0.2) is 18.2 Å². The molecule has 0 unspecified atom stereocenters. The van der Waals surface area contributed by atoms with E-state index in [1.807, 2.05) is 11.8 Å². The van der Waals surface area contributed by atoms with E-state index >= 15 is 0 Å². The van der Waals surface area contributed by atoms with Crippen molar-refractivity contribution in [1.82, 2.24) is 0 Å². The normalized spacial score (nSPS) is 15.4. The van der Waals surface area contributed by atoms with Crippen molar-refractivity contribution in [2.45, 2.75) is 32.4 Å². The molecular weight excluding hydrogens is 265 g/mol. The predicted molar refractivity (Wildman–Crippen MR) is 74.8 cm³/mol. The number of rotatable bonds is 6. The van der Waals surface area contributed by atoms with Crippen LogP contribution in [0, 0.1) is 5.92 Å². The molecule has 2 rings (SSSR count). The summed E-state index contributed by atoms with van der Waals surface area (Å²) in [5, 5.41) is 0. The van der Waals surface area contributed by atoms with Crippen molar-refractivity contribution in [3.8, 4) is 0 Å². The highest BCUT2D eigenvalue weighted by Gasteiger charge is 2.34. The van der Waals surface area contributed by atoms with E-state index in [0.717, 1.165) is 13.1 Å². The van der Waals surface area contributed by atoms with Gasteiger partial charge in [0.05, 0.1) is 5.56 Å². The maximum Gasteiger partial charge on any atom is 0.416 e. The number of nitrogens with zero attached hydrogens (tertiary/aromatic N) is 1. The van der Waals surface area contributed by atoms with E-state index in [9.17, 15) is 13.2 Å². The Labute approximate surface area is 117 Å². The lowest BCUT2D eigenvalue weighted by Crippen LogP contribution is -2.26. The van der Waals surface area contributed by atoms with Crippen LogP contribution in [0.1, 0.15) is 30.9 Å². The molecule has 0 atom stereocenters. The van der Waals surface area contributed by atoms with Crippen molar-refractivity contribution in [3.05, 3.63) is 29.3 Å². The molecule has 0 heterocycles. The minimum atomic E-state index is -4.32. The van der Waals surface area contributed by atoms with Crippen LogP contribution in [-0.2, 0) is 12.6 Å². The smallest absolute Gasteiger partial charge is 0.372 e. The quantitative estimate of drug-likeness (QED) is 0.868. The van der Waals surface area contributed by atoms with Gasteiger partial charge in [0.15, 0.2) is 0 Å². The standard InChI is InChI=1S/C15H21F3N2/c1-2-20(10-11-3-4-11)13-6-5-12(7-8-19)14(9-13)15(16,17)18/h5-6,9,11H,2-4,7-8,10,19H2,1H3. The summed E-state index contributed by atoms with van der Waals surface area (Å²) in [7, 11) is 0. The maximum absolute atomic E-state index is 13.1. The Morgan fingerprint density at radius 3 is 2.50 bits per heavy atom. The van der Waals surface area contributed by atoms with Crippen LogP contribution in [-0.4, -0.2) is 19.6 Å². The third-order valence-electron chi connectivity index (χ3n) is 3.73. The molecule has 0 aromatic heterocycles. The highest BCUT2D eigenvalue weighted by atomic mass is 19.4. The molecule has 1 aliphatic rings. The van der Waals surface area contributed by atoms with Gasteiger partial charge in [0, 0.05) is 18.8 Å². The van der Waals surface area contributed by atoms with Crippen LogP contribution in [0.2, 0.25) is 0 Å². The fourth-order valence-corrected chi connectivity index (χ4v) is 2.43. The van der Waals surface area contributed by atoms with Crippen molar-refractivity contribution in [2.24, 2.45) is 11.7 Å². The predicted octanol–water partition coefficient (Wildman–Crippen LogP) is 3.44. The first-order chi connectivity index (χ1) is 9.45. The molecule has 0 spiro atoms. The van der Waals surface area contributed by atoms with Crippen LogP contribution in [0.4, 0.5) is 18.9 Å². The fourth-order valence-electron chi connectivity index (χ4n) is 2.43. The number of halogens is 3. The zero-order valence-electron chi connectivity index (χ0n) is 11.7. The van der Waals surface area contributed by atoms with E-state index in [4.69, 9.17) is 5.73 Å². The highest BCUT2D eigenvalue weighted by molar-refractivity contribution is 5.52. The summed E-state index contributed by atoms with van der Waals surface area (Å²) in [6, 6.07) is 4.63. The second-order valence-electron chi connectivity index (χ2n) is 5.36. The number of hydrogen-bond donors (Lipinski definition) is 1. The topological polar surface area (TPSA) is 29.3 Å². The molecule has 0 aliphatic heterocycles. The first-order valence-electron chi connectivity index (χ1n) is 7.10. The molecule has 1 fully saturated rings. The molecular formula is C15H21F3N2. The molecule has 0 radical (unpaired) electrons. The van der Waals surface area contributed by atoms with E-state index in [1.165, 1.54) is 18.9 Å². The van der Waals surface area contributed by atoms with Gasteiger partial charge in [0.2, 0.25) is 0 Å². The average Bonchev–Trinajstić information content (AvgIpc) is 3.19. The lowest BCUT2D eigenvalue weighted by molar-refractivity contribution is -0.138. The lowest BCUT2D eigenvalue weighted by atomic mass is 10.0. The van der Waals surface area contributed by atoms with Crippen LogP contribution in [0.25, 0.3) is 0 Å². The van der Waals surface area contributed by atoms with Crippen molar-refractivity contribution in [3.63, 3.8) is 0 Å². The van der Waals surface area contributed by atoms with Crippen LogP contribution < -0.4 is 10.6 Å². The van der Waals surface area contributed by atoms with E-state index in [1.54, 1.807) is 12.1 Å². The Morgan fingerprint density at radius 1 is 1.30 bits per heavy atom. The first kappa shape index (κ1) is 15.2. The van der Waals surface area contributed by atoms with Gasteiger partial charge in [-0.1, -0.05) is 6.07 Å². The summed E-state index contributed by atoms with van der Waals surface area (Å²) in [6.45, 7) is 3.78. The van der Waals surface area contributed by atoms with E-state index in [-0.39, 0.29) is 18.5 Å². The molecule has 20 heavy (non-hydrogen) atoms. The van der Waals surface area contributed by atoms with Crippen LogP contribution in [0.5, 0.6) is 0 Å². The van der Waals surface area contributed by atoms with Gasteiger partial charge in [-0.3, -0.25) is 0 Å². The molecule has 2 N–H and O–H groups in total. The minimum Gasteiger partial charge on any atom is -0.372 e. The average molecular weight is 286 g/mol. The second kappa shape index (κ2) is 6.04. The molecule has 1 aliphatic carbocycles. The number of hydrogen-bond acceptors (Lipinski definition) is 2. The van der Waals surface area contributed by atoms with E-state index in [0.29, 0.717) is 11.6 Å². The van der Waals surface area contributed by atoms with Gasteiger partial charge in [-0.05, 0) is 56.3 Å². The zero-order valence-corrected chi connectivity index (χ0v) is 11.7. The van der Waals surface area contributed by atoms with Crippen LogP contribution >= 0.6 is 0 Å². The highest BCUT2D eigenvalue weighted by Crippen LogP contribution is 2.36. The lowest BCUT2D eigenvalue weighted by Gasteiger charge is -2.25. The largest absolute Gasteiger partial charge is 0.416 e. The number of benzene rings is 1. The first-order valence-corrected chi connectivity index (χ1v) is 7.10. The van der Waals surface area contributed by atoms with E-state index < -0.39 is 11.7 Å². The molecule has 0 amide bonds. The summed E-state index contributed by atoms with van der Waals surface area (Å²) in [5.41, 5.74) is 5.79. The van der Waals surface area contributed by atoms with Gasteiger partial charge in [0.25, 0.3) is 0 Å². The molecule has 112 valence electrons. The van der Waals surface area contributed by atoms with Crippen molar-refractivity contribution >= 4 is 5.69 Å². The van der Waals surface area contributed by atoms with Crippen molar-refractivity contribution in [1.29, 1.82) is 0 Å². The summed E-state index contributed by atoms with van der Waals surface area (Å²) in [4.78, 5) is 2.03. The number of anilines is 1. The Balaban J connectivity index is 2.29. The minimum absolute atomic E-state index is 0.224. The monoisotopic (exact) mass is 286 g/mol. The maximum atomic E-state index is 13.1. The summed E-state index contributed by atoms with van der Waals surface area (Å²) in [5.74, 6) is 0.646. The van der Waals surface area contributed by atoms with Crippen LogP contribution in [0.3, 0.4) is 0 Å². The number of nitrogens with two attached hydrogens (primary N) is 1. The van der Waals surface area contributed by atoms with Crippen molar-refractivity contribution in [2.75, 3.05) is 24.5 Å². The van der Waals surface area contributed by atoms with E-state index in [2.05, 4.69) is 0 Å². The van der Waals surface area contributed by atoms with Gasteiger partial charge in [0.1, 0.15) is 0 Å². The number of alkyl halides is 3. The Kier molecular flexibility index (Phi) is 4.58. The molecule has 1 aromatic carbocycles. The van der Waals surface area contributed by atoms with Gasteiger partial charge >= 0.3 is 6.18 Å². The molecule has 1 aromatic rings. The van der Waals surface area contributed by atoms with Crippen molar-refractivity contribution < 1.29 is 13.2 Å². The Bertz CT molecular complexity index is 453. The molecule has 2 nitrogen and oxygen atoms in total. The SMILES string of the molecule is CCN(CC1CC1)c1ccc(CCN)c(C(F)(F)F)c1. The third-order valence-corrected chi connectivity index (χ3v) is 3.73. The molecule has 5 heteroatoms. The van der Waals surface area contributed by atoms with Gasteiger partial charge in [-0.25, -0.2) is 0 Å². The Morgan fingerprint density at radius 2 is 2.00 bits per heavy atom. The van der Waals surface area contributed by atoms with Gasteiger partial charge in [-0.2, -0.15) is 13.2 Å². The Hall–Kier alpha value is -1.23. The van der Waals surface area contributed by atoms with Gasteiger partial charge in [-0.15, -0.1) is 0 Å². The summed E-state index contributed by atoms with van der Waals surface area (Å²) in [6.07, 6.45) is -1.69. The third kappa shape index (κ3) is 3.66. The fraction of sp³-hybridized carbons (Fsp3) is 0.600. The summed E-state index contributed by atoms with van der Waals surface area (Å²) < 4.78 is 39.4. The molecule has 1 saturated carbocycles. The molecule has 0 bridgehead atoms. The second-order valence-corrected chi connectivity index (χ2v) is 5.36. The summed E-state index contributed by atoms with van der Waals surface area (Å²) >= 11 is 0. The zero-order chi connectivity index (χ0) is 14.8. The molecule has 0 saturated heterocycles.